The van der Waals surface area contributed by atoms with E-state index in [4.69, 9.17) is 11.6 Å². The molecule has 0 bridgehead atoms. The number of hydrogen-bond donors (Lipinski definition) is 0. The van der Waals surface area contributed by atoms with E-state index in [1.54, 1.807) is 0 Å². The number of rotatable bonds is 2. The number of hydrogen-bond acceptors (Lipinski definition) is 1. The van der Waals surface area contributed by atoms with Crippen LogP contribution in [0.4, 0.5) is 17.6 Å². The third-order valence-corrected chi connectivity index (χ3v) is 4.14. The average Bonchev–Trinajstić information content (AvgIpc) is 2.16. The van der Waals surface area contributed by atoms with Crippen LogP contribution >= 0.6 is 32.3 Å². The van der Waals surface area contributed by atoms with Gasteiger partial charge in [-0.05, 0) is 6.07 Å². The first-order chi connectivity index (χ1) is 6.81. The fraction of sp³-hybridized carbons (Fsp3) is 0.250. The Morgan fingerprint density at radius 2 is 1.87 bits per heavy atom. The summed E-state index contributed by atoms with van der Waals surface area (Å²) in [6, 6.07) is 2.10. The minimum atomic E-state index is -4.96. The molecule has 0 spiro atoms. The van der Waals surface area contributed by atoms with Gasteiger partial charge in [-0.3, -0.25) is 0 Å². The summed E-state index contributed by atoms with van der Waals surface area (Å²) >= 11 is 3.45. The SMILES string of the molecule is C=IC(F)(c1ccc(Cl)nc1)C(F)(F)F. The molecule has 0 radical (unpaired) electrons. The summed E-state index contributed by atoms with van der Waals surface area (Å²) in [5.41, 5.74) is -0.540. The monoisotopic (exact) mass is 353 g/mol. The van der Waals surface area contributed by atoms with E-state index in [1.165, 1.54) is 0 Å². The molecule has 0 saturated heterocycles. The standard InChI is InChI=1S/C8H5ClF4IN/c1-14-7(10,8(11,12)13)5-2-3-6(9)15-4-5/h2-4H,1H2. The lowest BCUT2D eigenvalue weighted by atomic mass is 10.2. The van der Waals surface area contributed by atoms with Gasteiger partial charge in [0.1, 0.15) is 5.15 Å². The third-order valence-electron chi connectivity index (χ3n) is 1.63. The second-order valence-electron chi connectivity index (χ2n) is 2.58. The first kappa shape index (κ1) is 12.8. The second-order valence-corrected chi connectivity index (χ2v) is 5.21. The molecular formula is C8H5ClF4IN. The Hall–Kier alpha value is -0.240. The molecule has 1 aromatic rings. The molecule has 0 fully saturated rings. The number of nitrogens with zero attached hydrogens (tertiary/aromatic N) is 1. The summed E-state index contributed by atoms with van der Waals surface area (Å²) in [4.78, 5) is 3.42. The van der Waals surface area contributed by atoms with E-state index in [-0.39, 0.29) is 5.15 Å². The van der Waals surface area contributed by atoms with Gasteiger partial charge in [0.2, 0.25) is 0 Å². The van der Waals surface area contributed by atoms with Crippen molar-refractivity contribution in [3.8, 4) is 0 Å². The summed E-state index contributed by atoms with van der Waals surface area (Å²) in [5, 5.41) is 0.0190. The zero-order valence-corrected chi connectivity index (χ0v) is 10.1. The van der Waals surface area contributed by atoms with Crippen LogP contribution in [0.25, 0.3) is 0 Å². The Kier molecular flexibility index (Phi) is 3.70. The fourth-order valence-corrected chi connectivity index (χ4v) is 2.18. The van der Waals surface area contributed by atoms with Gasteiger partial charge < -0.3 is 0 Å². The van der Waals surface area contributed by atoms with Crippen molar-refractivity contribution in [2.75, 3.05) is 0 Å². The molecule has 1 heterocycles. The Morgan fingerprint density at radius 1 is 1.27 bits per heavy atom. The van der Waals surface area contributed by atoms with E-state index >= 15 is 0 Å². The topological polar surface area (TPSA) is 12.9 Å². The third kappa shape index (κ3) is 2.47. The highest BCUT2D eigenvalue weighted by atomic mass is 127. The Bertz CT molecular complexity index is 364. The smallest absolute Gasteiger partial charge is 0.244 e. The van der Waals surface area contributed by atoms with Crippen molar-refractivity contribution in [1.29, 1.82) is 0 Å². The number of halogens is 6. The lowest BCUT2D eigenvalue weighted by Crippen LogP contribution is -2.32. The van der Waals surface area contributed by atoms with Crippen molar-refractivity contribution in [3.05, 3.63) is 29.0 Å². The Labute approximate surface area is 98.2 Å². The van der Waals surface area contributed by atoms with Crippen molar-refractivity contribution in [2.24, 2.45) is 0 Å². The molecule has 7 heteroatoms. The van der Waals surface area contributed by atoms with Gasteiger partial charge in [0.25, 0.3) is 3.68 Å². The molecule has 0 saturated carbocycles. The van der Waals surface area contributed by atoms with Crippen LogP contribution in [0.15, 0.2) is 18.3 Å². The van der Waals surface area contributed by atoms with Crippen molar-refractivity contribution < 1.29 is 17.6 Å². The molecular weight excluding hydrogens is 348 g/mol. The van der Waals surface area contributed by atoms with Crippen LogP contribution < -0.4 is 0 Å². The average molecular weight is 353 g/mol. The highest BCUT2D eigenvalue weighted by Crippen LogP contribution is 2.50. The van der Waals surface area contributed by atoms with Gasteiger partial charge in [-0.25, -0.2) is 9.37 Å². The molecule has 84 valence electrons. The predicted octanol–water partition coefficient (Wildman–Crippen LogP) is 3.82. The minimum Gasteiger partial charge on any atom is -0.244 e. The Balaban J connectivity index is 3.24. The largest absolute Gasteiger partial charge is 0.435 e. The molecule has 1 aromatic heterocycles. The van der Waals surface area contributed by atoms with E-state index in [1.807, 2.05) is 0 Å². The molecule has 1 rings (SSSR count). The van der Waals surface area contributed by atoms with Crippen LogP contribution in [0.5, 0.6) is 0 Å². The maximum Gasteiger partial charge on any atom is 0.435 e. The quantitative estimate of drug-likeness (QED) is 0.341. The van der Waals surface area contributed by atoms with E-state index in [2.05, 4.69) is 9.50 Å². The summed E-state index contributed by atoms with van der Waals surface area (Å²) < 4.78 is 50.7. The maximum absolute atomic E-state index is 13.7. The van der Waals surface area contributed by atoms with Crippen LogP contribution in [-0.2, 0) is 3.68 Å². The second kappa shape index (κ2) is 4.32. The first-order valence-electron chi connectivity index (χ1n) is 3.58. The fourth-order valence-electron chi connectivity index (χ4n) is 0.878. The van der Waals surface area contributed by atoms with Crippen molar-refractivity contribution >= 4 is 36.8 Å². The van der Waals surface area contributed by atoms with Gasteiger partial charge in [0.15, 0.2) is 0 Å². The van der Waals surface area contributed by atoms with E-state index in [9.17, 15) is 17.6 Å². The summed E-state index contributed by atoms with van der Waals surface area (Å²) in [6.45, 7) is 0. The van der Waals surface area contributed by atoms with Crippen molar-refractivity contribution in [1.82, 2.24) is 4.98 Å². The van der Waals surface area contributed by atoms with E-state index < -0.39 is 36.1 Å². The Morgan fingerprint density at radius 3 is 2.20 bits per heavy atom. The summed E-state index contributed by atoms with van der Waals surface area (Å²) in [5.74, 6) is 0. The summed E-state index contributed by atoms with van der Waals surface area (Å²) in [6.07, 6.45) is -4.17. The van der Waals surface area contributed by atoms with Gasteiger partial charge in [-0.1, -0.05) is 42.9 Å². The number of pyridine rings is 1. The molecule has 0 aliphatic rings. The van der Waals surface area contributed by atoms with Crippen LogP contribution in [0.3, 0.4) is 0 Å². The van der Waals surface area contributed by atoms with Crippen LogP contribution in [0.1, 0.15) is 5.56 Å². The van der Waals surface area contributed by atoms with E-state index in [0.717, 1.165) is 18.3 Å². The predicted molar refractivity (Wildman–Crippen MR) is 59.2 cm³/mol. The van der Waals surface area contributed by atoms with E-state index in [0.29, 0.717) is 0 Å². The number of aromatic nitrogens is 1. The molecule has 0 amide bonds. The molecule has 0 N–H and O–H groups in total. The van der Waals surface area contributed by atoms with Crippen molar-refractivity contribution in [3.63, 3.8) is 0 Å². The van der Waals surface area contributed by atoms with Crippen LogP contribution in [0, 0.1) is 0 Å². The van der Waals surface area contributed by atoms with Crippen LogP contribution in [0.2, 0.25) is 5.15 Å². The summed E-state index contributed by atoms with van der Waals surface area (Å²) in [7, 11) is 0. The first-order valence-corrected chi connectivity index (χ1v) is 6.56. The molecule has 15 heavy (non-hydrogen) atoms. The van der Waals surface area contributed by atoms with Gasteiger partial charge >= 0.3 is 6.18 Å². The molecule has 1 nitrogen and oxygen atoms in total. The zero-order valence-electron chi connectivity index (χ0n) is 7.15. The highest BCUT2D eigenvalue weighted by Gasteiger charge is 2.56. The van der Waals surface area contributed by atoms with Gasteiger partial charge in [-0.15, -0.1) is 0 Å². The normalized spacial score (nSPS) is 16.1. The minimum absolute atomic E-state index is 0.0190. The molecule has 0 aliphatic carbocycles. The van der Waals surface area contributed by atoms with Gasteiger partial charge in [0, 0.05) is 11.8 Å². The molecule has 0 aromatic carbocycles. The lowest BCUT2D eigenvalue weighted by Gasteiger charge is -2.23. The van der Waals surface area contributed by atoms with Gasteiger partial charge in [0.05, 0.1) is 0 Å². The molecule has 1 atom stereocenters. The number of alkyl halides is 5. The van der Waals surface area contributed by atoms with Gasteiger partial charge in [-0.2, -0.15) is 13.2 Å². The van der Waals surface area contributed by atoms with Crippen LogP contribution in [-0.4, -0.2) is 15.7 Å². The zero-order chi connectivity index (χ0) is 11.7. The maximum atomic E-state index is 13.7. The van der Waals surface area contributed by atoms with Crippen molar-refractivity contribution in [2.45, 2.75) is 9.85 Å². The highest BCUT2D eigenvalue weighted by molar-refractivity contribution is 14.2. The lowest BCUT2D eigenvalue weighted by molar-refractivity contribution is -0.191. The molecule has 1 unspecified atom stereocenters. The molecule has 0 aliphatic heterocycles.